The first-order chi connectivity index (χ1) is 13.2. The first-order valence-corrected chi connectivity index (χ1v) is 10.4. The van der Waals surface area contributed by atoms with E-state index in [2.05, 4.69) is 10.0 Å². The summed E-state index contributed by atoms with van der Waals surface area (Å²) in [5.41, 5.74) is 1.85. The fourth-order valence-corrected chi connectivity index (χ4v) is 3.83. The number of carbonyl (C=O) groups is 1. The predicted molar refractivity (Wildman–Crippen MR) is 113 cm³/mol. The van der Waals surface area contributed by atoms with Gasteiger partial charge in [-0.2, -0.15) is 0 Å². The highest BCUT2D eigenvalue weighted by Crippen LogP contribution is 2.26. The molecule has 28 heavy (non-hydrogen) atoms. The molecule has 0 bridgehead atoms. The van der Waals surface area contributed by atoms with E-state index in [9.17, 15) is 13.2 Å². The fourth-order valence-electron chi connectivity index (χ4n) is 2.44. The maximum Gasteiger partial charge on any atom is 0.261 e. The van der Waals surface area contributed by atoms with Gasteiger partial charge in [-0.3, -0.25) is 9.52 Å². The summed E-state index contributed by atoms with van der Waals surface area (Å²) in [6, 6.07) is 17.4. The molecule has 0 spiro atoms. The van der Waals surface area contributed by atoms with E-state index in [0.717, 1.165) is 5.56 Å². The van der Waals surface area contributed by atoms with Gasteiger partial charge < -0.3 is 5.32 Å². The van der Waals surface area contributed by atoms with Gasteiger partial charge in [0.15, 0.2) is 0 Å². The largest absolute Gasteiger partial charge is 0.321 e. The van der Waals surface area contributed by atoms with E-state index in [4.69, 9.17) is 23.2 Å². The number of halogens is 2. The van der Waals surface area contributed by atoms with Crippen molar-refractivity contribution in [2.24, 2.45) is 0 Å². The van der Waals surface area contributed by atoms with E-state index in [0.29, 0.717) is 15.7 Å². The minimum Gasteiger partial charge on any atom is -0.321 e. The van der Waals surface area contributed by atoms with E-state index in [-0.39, 0.29) is 16.1 Å². The van der Waals surface area contributed by atoms with Crippen LogP contribution in [-0.2, 0) is 10.0 Å². The third-order valence-electron chi connectivity index (χ3n) is 3.88. The van der Waals surface area contributed by atoms with Gasteiger partial charge in [-0.15, -0.1) is 0 Å². The molecule has 0 heterocycles. The van der Waals surface area contributed by atoms with Crippen LogP contribution in [0.1, 0.15) is 15.9 Å². The quantitative estimate of drug-likeness (QED) is 0.567. The minimum absolute atomic E-state index is 0.138. The Hall–Kier alpha value is -2.54. The van der Waals surface area contributed by atoms with E-state index >= 15 is 0 Å². The van der Waals surface area contributed by atoms with Crippen molar-refractivity contribution in [2.45, 2.75) is 11.8 Å². The summed E-state index contributed by atoms with van der Waals surface area (Å²) in [6.45, 7) is 1.87. The average Bonchev–Trinajstić information content (AvgIpc) is 2.65. The number of amides is 1. The molecule has 0 saturated heterocycles. The molecule has 0 radical (unpaired) electrons. The monoisotopic (exact) mass is 434 g/mol. The van der Waals surface area contributed by atoms with Crippen LogP contribution < -0.4 is 10.0 Å². The Kier molecular flexibility index (Phi) is 5.93. The molecule has 3 rings (SSSR count). The third kappa shape index (κ3) is 4.84. The van der Waals surface area contributed by atoms with Gasteiger partial charge in [0.25, 0.3) is 15.9 Å². The maximum atomic E-state index is 12.5. The normalized spacial score (nSPS) is 11.1. The molecule has 3 aromatic carbocycles. The van der Waals surface area contributed by atoms with Crippen molar-refractivity contribution in [1.82, 2.24) is 0 Å². The number of carbonyl (C=O) groups excluding carboxylic acids is 1. The van der Waals surface area contributed by atoms with Crippen molar-refractivity contribution < 1.29 is 13.2 Å². The van der Waals surface area contributed by atoms with Gasteiger partial charge >= 0.3 is 0 Å². The Morgan fingerprint density at radius 2 is 1.64 bits per heavy atom. The number of sulfonamides is 1. The molecule has 0 aliphatic carbocycles. The lowest BCUT2D eigenvalue weighted by Crippen LogP contribution is -2.15. The van der Waals surface area contributed by atoms with Crippen LogP contribution in [0, 0.1) is 6.92 Å². The molecule has 0 atom stereocenters. The van der Waals surface area contributed by atoms with E-state index in [1.54, 1.807) is 42.5 Å². The molecule has 3 aromatic rings. The second-order valence-corrected chi connectivity index (χ2v) is 8.60. The van der Waals surface area contributed by atoms with Crippen LogP contribution in [0.3, 0.4) is 0 Å². The number of hydrogen-bond donors (Lipinski definition) is 2. The Morgan fingerprint density at radius 3 is 2.36 bits per heavy atom. The highest BCUT2D eigenvalue weighted by Gasteiger charge is 2.15. The smallest absolute Gasteiger partial charge is 0.261 e. The Balaban J connectivity index is 1.81. The summed E-state index contributed by atoms with van der Waals surface area (Å²) >= 11 is 12.0. The summed E-state index contributed by atoms with van der Waals surface area (Å²) in [5, 5.41) is 3.43. The van der Waals surface area contributed by atoms with Crippen molar-refractivity contribution in [2.75, 3.05) is 10.0 Å². The van der Waals surface area contributed by atoms with Crippen LogP contribution in [0.25, 0.3) is 0 Å². The summed E-state index contributed by atoms with van der Waals surface area (Å²) in [6.07, 6.45) is 0. The zero-order valence-corrected chi connectivity index (χ0v) is 17.1. The molecule has 0 unspecified atom stereocenters. The molecular weight excluding hydrogens is 419 g/mol. The van der Waals surface area contributed by atoms with Gasteiger partial charge in [0.1, 0.15) is 0 Å². The number of anilines is 2. The first kappa shape index (κ1) is 20.2. The van der Waals surface area contributed by atoms with Gasteiger partial charge in [0.05, 0.1) is 15.6 Å². The molecule has 0 saturated carbocycles. The lowest BCUT2D eigenvalue weighted by molar-refractivity contribution is 0.102. The average molecular weight is 435 g/mol. The standard InChI is InChI=1S/C20H16Cl2N2O3S/c1-13-5-8-17(9-6-13)28(26,27)24-16-4-2-3-14(11-16)20(25)23-19-12-15(21)7-10-18(19)22/h2-12,24H,1H3,(H,23,25). The highest BCUT2D eigenvalue weighted by molar-refractivity contribution is 7.92. The lowest BCUT2D eigenvalue weighted by Gasteiger charge is -2.11. The molecule has 144 valence electrons. The van der Waals surface area contributed by atoms with Gasteiger partial charge in [-0.05, 0) is 55.5 Å². The van der Waals surface area contributed by atoms with Crippen molar-refractivity contribution >= 4 is 50.5 Å². The number of rotatable bonds is 5. The van der Waals surface area contributed by atoms with Crippen LogP contribution in [0.5, 0.6) is 0 Å². The number of benzene rings is 3. The Labute approximate surface area is 173 Å². The van der Waals surface area contributed by atoms with Gasteiger partial charge in [0.2, 0.25) is 0 Å². The molecule has 0 aliphatic rings. The van der Waals surface area contributed by atoms with E-state index in [1.807, 2.05) is 6.92 Å². The first-order valence-electron chi connectivity index (χ1n) is 8.20. The second kappa shape index (κ2) is 8.22. The highest BCUT2D eigenvalue weighted by atomic mass is 35.5. The van der Waals surface area contributed by atoms with Crippen LogP contribution in [0.2, 0.25) is 10.0 Å². The second-order valence-electron chi connectivity index (χ2n) is 6.08. The summed E-state index contributed by atoms with van der Waals surface area (Å²) < 4.78 is 27.5. The summed E-state index contributed by atoms with van der Waals surface area (Å²) in [7, 11) is -3.76. The third-order valence-corrected chi connectivity index (χ3v) is 5.85. The predicted octanol–water partition coefficient (Wildman–Crippen LogP) is 5.35. The Bertz CT molecular complexity index is 1130. The SMILES string of the molecule is Cc1ccc(S(=O)(=O)Nc2cccc(C(=O)Nc3cc(Cl)ccc3Cl)c2)cc1. The molecule has 1 amide bonds. The number of aryl methyl sites for hydroxylation is 1. The van der Waals surface area contributed by atoms with Crippen molar-refractivity contribution in [3.05, 3.63) is 87.9 Å². The lowest BCUT2D eigenvalue weighted by atomic mass is 10.2. The van der Waals surface area contributed by atoms with Crippen LogP contribution >= 0.6 is 23.2 Å². The Morgan fingerprint density at radius 1 is 0.929 bits per heavy atom. The fraction of sp³-hybridized carbons (Fsp3) is 0.0500. The molecular formula is C20H16Cl2N2O3S. The summed E-state index contributed by atoms with van der Waals surface area (Å²) in [4.78, 5) is 12.7. The van der Waals surface area contributed by atoms with Crippen molar-refractivity contribution in [3.8, 4) is 0 Å². The zero-order valence-electron chi connectivity index (χ0n) is 14.7. The van der Waals surface area contributed by atoms with Crippen molar-refractivity contribution in [3.63, 3.8) is 0 Å². The molecule has 2 N–H and O–H groups in total. The maximum absolute atomic E-state index is 12.5. The zero-order chi connectivity index (χ0) is 20.3. The topological polar surface area (TPSA) is 75.3 Å². The van der Waals surface area contributed by atoms with E-state index in [1.165, 1.54) is 24.3 Å². The van der Waals surface area contributed by atoms with Crippen LogP contribution in [0.15, 0.2) is 71.6 Å². The number of nitrogens with one attached hydrogen (secondary N) is 2. The molecule has 8 heteroatoms. The van der Waals surface area contributed by atoms with Gasteiger partial charge in [0, 0.05) is 16.3 Å². The van der Waals surface area contributed by atoms with Crippen LogP contribution in [0.4, 0.5) is 11.4 Å². The van der Waals surface area contributed by atoms with Gasteiger partial charge in [-0.1, -0.05) is 47.0 Å². The minimum atomic E-state index is -3.76. The molecule has 0 fully saturated rings. The summed E-state index contributed by atoms with van der Waals surface area (Å²) in [5.74, 6) is -0.444. The number of hydrogen-bond acceptors (Lipinski definition) is 3. The molecule has 0 aromatic heterocycles. The molecule has 5 nitrogen and oxygen atoms in total. The molecule has 0 aliphatic heterocycles. The van der Waals surface area contributed by atoms with E-state index < -0.39 is 15.9 Å². The van der Waals surface area contributed by atoms with Crippen molar-refractivity contribution in [1.29, 1.82) is 0 Å². The van der Waals surface area contributed by atoms with Gasteiger partial charge in [-0.25, -0.2) is 8.42 Å². The van der Waals surface area contributed by atoms with Crippen LogP contribution in [-0.4, -0.2) is 14.3 Å².